The molecule has 1 saturated heterocycles. The fourth-order valence-corrected chi connectivity index (χ4v) is 6.44. The SMILES string of the molecule is Oc1ccc2c(c1)CCN(c1ccc(F)cc1)C2Cc1ccc(OCCN2CCC(O)(Cc3ccccc3)CC2)cc1. The first kappa shape index (κ1) is 28.3. The third-order valence-corrected chi connectivity index (χ3v) is 8.83. The lowest BCUT2D eigenvalue weighted by Crippen LogP contribution is -2.46. The van der Waals surface area contributed by atoms with Crippen molar-refractivity contribution in [1.82, 2.24) is 4.90 Å². The highest BCUT2D eigenvalue weighted by Crippen LogP contribution is 2.37. The van der Waals surface area contributed by atoms with E-state index in [2.05, 4.69) is 34.1 Å². The number of phenols is 1. The summed E-state index contributed by atoms with van der Waals surface area (Å²) in [6.07, 6.45) is 3.87. The average molecular weight is 567 g/mol. The minimum atomic E-state index is -0.625. The third-order valence-electron chi connectivity index (χ3n) is 8.83. The molecule has 0 aromatic heterocycles. The molecular weight excluding hydrogens is 527 g/mol. The van der Waals surface area contributed by atoms with Crippen LogP contribution in [0.15, 0.2) is 97.1 Å². The number of piperidine rings is 1. The lowest BCUT2D eigenvalue weighted by molar-refractivity contribution is -0.0226. The predicted molar refractivity (Wildman–Crippen MR) is 165 cm³/mol. The maximum atomic E-state index is 13.6. The second kappa shape index (κ2) is 12.6. The molecule has 5 nitrogen and oxygen atoms in total. The highest BCUT2D eigenvalue weighted by molar-refractivity contribution is 5.53. The Labute approximate surface area is 247 Å². The van der Waals surface area contributed by atoms with Crippen molar-refractivity contribution in [2.75, 3.05) is 37.7 Å². The van der Waals surface area contributed by atoms with Crippen molar-refractivity contribution in [3.63, 3.8) is 0 Å². The minimum Gasteiger partial charge on any atom is -0.508 e. The molecule has 0 aliphatic carbocycles. The summed E-state index contributed by atoms with van der Waals surface area (Å²) in [5.41, 5.74) is 5.11. The molecule has 0 radical (unpaired) electrons. The molecule has 2 aliphatic heterocycles. The Bertz CT molecular complexity index is 1450. The second-order valence-electron chi connectivity index (χ2n) is 11.7. The van der Waals surface area contributed by atoms with Crippen molar-refractivity contribution in [3.05, 3.63) is 125 Å². The Morgan fingerprint density at radius 3 is 2.31 bits per heavy atom. The van der Waals surface area contributed by atoms with Crippen LogP contribution in [0.4, 0.5) is 10.1 Å². The van der Waals surface area contributed by atoms with E-state index in [-0.39, 0.29) is 17.6 Å². The van der Waals surface area contributed by atoms with Gasteiger partial charge in [0, 0.05) is 38.3 Å². The molecule has 0 spiro atoms. The van der Waals surface area contributed by atoms with Crippen LogP contribution in [-0.4, -0.2) is 53.5 Å². The topological polar surface area (TPSA) is 56.2 Å². The standard InChI is InChI=1S/C36H39FN2O3/c37-30-8-10-31(11-9-30)39-19-16-29-25-32(40)12-15-34(29)35(39)24-27-6-13-33(14-7-27)42-23-22-38-20-17-36(41,18-21-38)26-28-4-2-1-3-5-28/h1-15,25,35,40-41H,16-24,26H2. The van der Waals surface area contributed by atoms with Crippen molar-refractivity contribution in [3.8, 4) is 11.5 Å². The summed E-state index contributed by atoms with van der Waals surface area (Å²) in [5.74, 6) is 0.899. The number of ether oxygens (including phenoxy) is 1. The molecule has 1 atom stereocenters. The van der Waals surface area contributed by atoms with E-state index >= 15 is 0 Å². The highest BCUT2D eigenvalue weighted by atomic mass is 19.1. The van der Waals surface area contributed by atoms with E-state index in [1.54, 1.807) is 6.07 Å². The molecule has 2 aliphatic rings. The molecule has 2 N–H and O–H groups in total. The van der Waals surface area contributed by atoms with Crippen LogP contribution >= 0.6 is 0 Å². The van der Waals surface area contributed by atoms with Crippen LogP contribution in [0.25, 0.3) is 0 Å². The number of aliphatic hydroxyl groups is 1. The summed E-state index contributed by atoms with van der Waals surface area (Å²) in [6.45, 7) is 3.98. The zero-order valence-electron chi connectivity index (χ0n) is 24.0. The smallest absolute Gasteiger partial charge is 0.123 e. The molecule has 0 amide bonds. The maximum Gasteiger partial charge on any atom is 0.123 e. The van der Waals surface area contributed by atoms with Gasteiger partial charge in [0.25, 0.3) is 0 Å². The van der Waals surface area contributed by atoms with Gasteiger partial charge in [-0.05, 0) is 96.5 Å². The molecule has 4 aromatic carbocycles. The van der Waals surface area contributed by atoms with Gasteiger partial charge < -0.3 is 19.8 Å². The molecule has 1 fully saturated rings. The van der Waals surface area contributed by atoms with Crippen molar-refractivity contribution >= 4 is 5.69 Å². The molecule has 42 heavy (non-hydrogen) atoms. The summed E-state index contributed by atoms with van der Waals surface area (Å²) < 4.78 is 19.7. The van der Waals surface area contributed by atoms with Gasteiger partial charge in [-0.3, -0.25) is 4.90 Å². The maximum absolute atomic E-state index is 13.6. The van der Waals surface area contributed by atoms with Crippen molar-refractivity contribution in [2.24, 2.45) is 0 Å². The van der Waals surface area contributed by atoms with Gasteiger partial charge in [0.05, 0.1) is 11.6 Å². The Morgan fingerprint density at radius 2 is 1.57 bits per heavy atom. The van der Waals surface area contributed by atoms with Crippen molar-refractivity contribution in [2.45, 2.75) is 43.7 Å². The van der Waals surface area contributed by atoms with Crippen LogP contribution in [0.5, 0.6) is 11.5 Å². The quantitative estimate of drug-likeness (QED) is 0.248. The first-order chi connectivity index (χ1) is 20.4. The molecule has 2 heterocycles. The predicted octanol–water partition coefficient (Wildman–Crippen LogP) is 6.33. The third kappa shape index (κ3) is 6.77. The van der Waals surface area contributed by atoms with Crippen LogP contribution < -0.4 is 9.64 Å². The zero-order chi connectivity index (χ0) is 28.9. The number of hydrogen-bond acceptors (Lipinski definition) is 5. The van der Waals surface area contributed by atoms with Gasteiger partial charge in [-0.25, -0.2) is 4.39 Å². The van der Waals surface area contributed by atoms with Crippen LogP contribution in [0.2, 0.25) is 0 Å². The van der Waals surface area contributed by atoms with E-state index in [1.807, 2.05) is 54.6 Å². The van der Waals surface area contributed by atoms with Crippen LogP contribution in [0, 0.1) is 5.82 Å². The highest BCUT2D eigenvalue weighted by Gasteiger charge is 2.32. The number of halogens is 1. The number of hydrogen-bond donors (Lipinski definition) is 2. The van der Waals surface area contributed by atoms with Gasteiger partial charge in [-0.15, -0.1) is 0 Å². The van der Waals surface area contributed by atoms with Gasteiger partial charge >= 0.3 is 0 Å². The number of benzene rings is 4. The molecule has 6 heteroatoms. The average Bonchev–Trinajstić information content (AvgIpc) is 3.00. The Balaban J connectivity index is 1.04. The van der Waals surface area contributed by atoms with E-state index in [0.717, 1.165) is 68.9 Å². The molecular formula is C36H39FN2O3. The lowest BCUT2D eigenvalue weighted by atomic mass is 9.85. The first-order valence-electron chi connectivity index (χ1n) is 15.0. The lowest BCUT2D eigenvalue weighted by Gasteiger charge is -2.39. The number of nitrogens with zero attached hydrogens (tertiary/aromatic N) is 2. The first-order valence-corrected chi connectivity index (χ1v) is 15.0. The van der Waals surface area contributed by atoms with E-state index in [1.165, 1.54) is 28.8 Å². The minimum absolute atomic E-state index is 0.0752. The monoisotopic (exact) mass is 566 g/mol. The summed E-state index contributed by atoms with van der Waals surface area (Å²) in [6, 6.07) is 31.0. The van der Waals surface area contributed by atoms with Crippen LogP contribution in [0.3, 0.4) is 0 Å². The van der Waals surface area contributed by atoms with Crippen molar-refractivity contribution < 1.29 is 19.3 Å². The molecule has 6 rings (SSSR count). The van der Waals surface area contributed by atoms with Crippen LogP contribution in [-0.2, 0) is 19.3 Å². The number of rotatable bonds is 9. The van der Waals surface area contributed by atoms with Gasteiger partial charge in [-0.2, -0.15) is 0 Å². The number of fused-ring (bicyclic) bond motifs is 1. The van der Waals surface area contributed by atoms with Crippen molar-refractivity contribution in [1.29, 1.82) is 0 Å². The van der Waals surface area contributed by atoms with E-state index in [9.17, 15) is 14.6 Å². The molecule has 218 valence electrons. The second-order valence-corrected chi connectivity index (χ2v) is 11.7. The summed E-state index contributed by atoms with van der Waals surface area (Å²) in [4.78, 5) is 4.71. The summed E-state index contributed by atoms with van der Waals surface area (Å²) in [7, 11) is 0. The molecule has 0 bridgehead atoms. The van der Waals surface area contributed by atoms with E-state index in [0.29, 0.717) is 13.0 Å². The molecule has 0 saturated carbocycles. The molecule has 4 aromatic rings. The number of anilines is 1. The summed E-state index contributed by atoms with van der Waals surface area (Å²) in [5, 5.41) is 21.1. The van der Waals surface area contributed by atoms with Gasteiger partial charge in [0.2, 0.25) is 0 Å². The Morgan fingerprint density at radius 1 is 0.833 bits per heavy atom. The number of likely N-dealkylation sites (tertiary alicyclic amines) is 1. The van der Waals surface area contributed by atoms with Gasteiger partial charge in [-0.1, -0.05) is 48.5 Å². The fourth-order valence-electron chi connectivity index (χ4n) is 6.44. The van der Waals surface area contributed by atoms with E-state index < -0.39 is 5.60 Å². The summed E-state index contributed by atoms with van der Waals surface area (Å²) >= 11 is 0. The zero-order valence-corrected chi connectivity index (χ0v) is 24.0. The largest absolute Gasteiger partial charge is 0.508 e. The number of phenolic OH excluding ortho intramolecular Hbond substituents is 1. The van der Waals surface area contributed by atoms with E-state index in [4.69, 9.17) is 4.74 Å². The van der Waals surface area contributed by atoms with Gasteiger partial charge in [0.15, 0.2) is 0 Å². The Hall–Kier alpha value is -3.87. The van der Waals surface area contributed by atoms with Crippen LogP contribution in [0.1, 0.15) is 41.1 Å². The molecule has 1 unspecified atom stereocenters. The Kier molecular flexibility index (Phi) is 8.45. The fraction of sp³-hybridized carbons (Fsp3) is 0.333. The number of aromatic hydroxyl groups is 1. The normalized spacial score (nSPS) is 18.4. The van der Waals surface area contributed by atoms with Gasteiger partial charge in [0.1, 0.15) is 23.9 Å².